The quantitative estimate of drug-likeness (QED) is 0.560. The molecule has 0 rings (SSSR count). The highest BCUT2D eigenvalue weighted by Gasteiger charge is 2.04. The lowest BCUT2D eigenvalue weighted by atomic mass is 10.1. The Bertz CT molecular complexity index is 66.0. The van der Waals surface area contributed by atoms with Gasteiger partial charge in [0.15, 0.2) is 0 Å². The third kappa shape index (κ3) is 6.32. The van der Waals surface area contributed by atoms with Crippen molar-refractivity contribution in [2.24, 2.45) is 0 Å². The fraction of sp³-hybridized carbons (Fsp3) is 1.00. The Morgan fingerprint density at radius 1 is 1.36 bits per heavy atom. The Morgan fingerprint density at radius 2 is 2.09 bits per heavy atom. The van der Waals surface area contributed by atoms with E-state index in [0.29, 0.717) is 6.10 Å². The van der Waals surface area contributed by atoms with E-state index >= 15 is 0 Å². The molecule has 0 aromatic rings. The predicted octanol–water partition coefficient (Wildman–Crippen LogP) is 2.40. The lowest BCUT2D eigenvalue weighted by Gasteiger charge is -2.14. The number of hydrogen-bond donors (Lipinski definition) is 0. The lowest BCUT2D eigenvalue weighted by Crippen LogP contribution is -2.12. The van der Waals surface area contributed by atoms with Crippen molar-refractivity contribution in [2.75, 3.05) is 13.2 Å². The molecular formula is C9H19O2. The molecule has 0 bridgehead atoms. The Kier molecular flexibility index (Phi) is 7.96. The van der Waals surface area contributed by atoms with Crippen molar-refractivity contribution in [3.8, 4) is 0 Å². The predicted molar refractivity (Wildman–Crippen MR) is 45.1 cm³/mol. The van der Waals surface area contributed by atoms with Crippen LogP contribution in [-0.2, 0) is 9.84 Å². The van der Waals surface area contributed by atoms with Crippen LogP contribution in [0.3, 0.4) is 0 Å². The highest BCUT2D eigenvalue weighted by atomic mass is 16.5. The summed E-state index contributed by atoms with van der Waals surface area (Å²) in [6, 6.07) is 0. The molecule has 0 aliphatic carbocycles. The van der Waals surface area contributed by atoms with Gasteiger partial charge in [0.2, 0.25) is 0 Å². The summed E-state index contributed by atoms with van der Waals surface area (Å²) < 4.78 is 5.50. The fourth-order valence-electron chi connectivity index (χ4n) is 1.00. The summed E-state index contributed by atoms with van der Waals surface area (Å²) in [6.07, 6.45) is 4.10. The van der Waals surface area contributed by atoms with Crippen LogP contribution in [0.1, 0.15) is 39.5 Å². The first-order valence-electron chi connectivity index (χ1n) is 4.54. The van der Waals surface area contributed by atoms with Crippen LogP contribution in [0.5, 0.6) is 0 Å². The zero-order valence-electron chi connectivity index (χ0n) is 7.64. The van der Waals surface area contributed by atoms with E-state index < -0.39 is 0 Å². The van der Waals surface area contributed by atoms with Crippen molar-refractivity contribution in [3.63, 3.8) is 0 Å². The van der Waals surface area contributed by atoms with Crippen molar-refractivity contribution in [3.05, 3.63) is 0 Å². The molecule has 0 aliphatic rings. The van der Waals surface area contributed by atoms with Gasteiger partial charge >= 0.3 is 0 Å². The Balaban J connectivity index is 3.25. The van der Waals surface area contributed by atoms with Gasteiger partial charge in [0, 0.05) is 6.61 Å². The molecule has 0 N–H and O–H groups in total. The van der Waals surface area contributed by atoms with Crippen LogP contribution in [0.4, 0.5) is 0 Å². The first-order chi connectivity index (χ1) is 5.35. The average molecular weight is 159 g/mol. The first-order valence-corrected chi connectivity index (χ1v) is 4.54. The van der Waals surface area contributed by atoms with E-state index in [9.17, 15) is 5.11 Å². The van der Waals surface area contributed by atoms with Crippen LogP contribution in [-0.4, -0.2) is 19.3 Å². The summed E-state index contributed by atoms with van der Waals surface area (Å²) in [5.41, 5.74) is 0. The van der Waals surface area contributed by atoms with Crippen LogP contribution >= 0.6 is 0 Å². The molecular weight excluding hydrogens is 140 g/mol. The smallest absolute Gasteiger partial charge is 0.0823 e. The second-order valence-electron chi connectivity index (χ2n) is 2.75. The average Bonchev–Trinajstić information content (AvgIpc) is 2.05. The van der Waals surface area contributed by atoms with Crippen LogP contribution < -0.4 is 0 Å². The molecule has 0 aromatic carbocycles. The molecule has 11 heavy (non-hydrogen) atoms. The molecule has 1 unspecified atom stereocenters. The topological polar surface area (TPSA) is 29.1 Å². The fourth-order valence-corrected chi connectivity index (χ4v) is 1.00. The highest BCUT2D eigenvalue weighted by Crippen LogP contribution is 2.06. The van der Waals surface area contributed by atoms with Gasteiger partial charge in [-0.3, -0.25) is 0 Å². The summed E-state index contributed by atoms with van der Waals surface area (Å²) in [6.45, 7) is 5.06. The lowest BCUT2D eigenvalue weighted by molar-refractivity contribution is 0.0378. The number of ether oxygens (including phenoxy) is 1. The van der Waals surface area contributed by atoms with Crippen molar-refractivity contribution in [1.82, 2.24) is 0 Å². The van der Waals surface area contributed by atoms with Crippen molar-refractivity contribution in [1.29, 1.82) is 0 Å². The Morgan fingerprint density at radius 3 is 2.55 bits per heavy atom. The normalized spacial score (nSPS) is 13.4. The van der Waals surface area contributed by atoms with Gasteiger partial charge in [-0.1, -0.05) is 13.8 Å². The van der Waals surface area contributed by atoms with Gasteiger partial charge in [-0.2, -0.15) is 0 Å². The molecule has 1 radical (unpaired) electrons. The maximum atomic E-state index is 10.2. The third-order valence-corrected chi connectivity index (χ3v) is 1.68. The van der Waals surface area contributed by atoms with Gasteiger partial charge in [0.1, 0.15) is 0 Å². The minimum atomic E-state index is 0.0337. The highest BCUT2D eigenvalue weighted by molar-refractivity contribution is 4.54. The monoisotopic (exact) mass is 159 g/mol. The SMILES string of the molecule is CCCOC(CC)CCC[O]. The van der Waals surface area contributed by atoms with Crippen molar-refractivity contribution >= 4 is 0 Å². The van der Waals surface area contributed by atoms with E-state index in [2.05, 4.69) is 13.8 Å². The second-order valence-corrected chi connectivity index (χ2v) is 2.75. The van der Waals surface area contributed by atoms with Crippen LogP contribution in [0.2, 0.25) is 0 Å². The summed E-state index contributed by atoms with van der Waals surface area (Å²) in [5.74, 6) is 0. The van der Waals surface area contributed by atoms with Gasteiger partial charge in [-0.05, 0) is 25.7 Å². The molecule has 0 saturated heterocycles. The van der Waals surface area contributed by atoms with Crippen LogP contribution in [0, 0.1) is 0 Å². The number of rotatable bonds is 7. The van der Waals surface area contributed by atoms with E-state index in [1.54, 1.807) is 0 Å². The first kappa shape index (κ1) is 10.9. The molecule has 67 valence electrons. The van der Waals surface area contributed by atoms with Gasteiger partial charge < -0.3 is 4.74 Å². The van der Waals surface area contributed by atoms with Gasteiger partial charge in [0.05, 0.1) is 12.7 Å². The summed E-state index contributed by atoms with van der Waals surface area (Å²) in [5, 5.41) is 10.2. The molecule has 0 fully saturated rings. The largest absolute Gasteiger partial charge is 0.378 e. The molecule has 0 saturated carbocycles. The zero-order valence-corrected chi connectivity index (χ0v) is 7.64. The van der Waals surface area contributed by atoms with E-state index in [4.69, 9.17) is 4.74 Å². The molecule has 0 spiro atoms. The van der Waals surface area contributed by atoms with E-state index in [-0.39, 0.29) is 6.61 Å². The zero-order chi connectivity index (χ0) is 8.53. The molecule has 1 atom stereocenters. The molecule has 2 nitrogen and oxygen atoms in total. The maximum absolute atomic E-state index is 10.2. The maximum Gasteiger partial charge on any atom is 0.0823 e. The molecule has 0 amide bonds. The standard InChI is InChI=1S/C9H19O2/c1-3-8-11-9(4-2)6-5-7-10/h9H,3-8H2,1-2H3. The van der Waals surface area contributed by atoms with Crippen molar-refractivity contribution in [2.45, 2.75) is 45.6 Å². The summed E-state index contributed by atoms with van der Waals surface area (Å²) in [7, 11) is 0. The van der Waals surface area contributed by atoms with Gasteiger partial charge in [-0.25, -0.2) is 5.11 Å². The molecule has 0 aliphatic heterocycles. The second kappa shape index (κ2) is 8.02. The van der Waals surface area contributed by atoms with Crippen LogP contribution in [0.25, 0.3) is 0 Å². The van der Waals surface area contributed by atoms with E-state index in [0.717, 1.165) is 32.3 Å². The van der Waals surface area contributed by atoms with Gasteiger partial charge in [0.25, 0.3) is 0 Å². The summed E-state index contributed by atoms with van der Waals surface area (Å²) >= 11 is 0. The van der Waals surface area contributed by atoms with Crippen LogP contribution in [0.15, 0.2) is 0 Å². The summed E-state index contributed by atoms with van der Waals surface area (Å²) in [4.78, 5) is 0. The number of hydrogen-bond acceptors (Lipinski definition) is 1. The van der Waals surface area contributed by atoms with E-state index in [1.165, 1.54) is 0 Å². The molecule has 0 heterocycles. The van der Waals surface area contributed by atoms with Gasteiger partial charge in [-0.15, -0.1) is 0 Å². The van der Waals surface area contributed by atoms with Crippen molar-refractivity contribution < 1.29 is 9.84 Å². The molecule has 0 aromatic heterocycles. The Labute approximate surface area is 69.6 Å². The minimum Gasteiger partial charge on any atom is -0.378 e. The third-order valence-electron chi connectivity index (χ3n) is 1.68. The Hall–Kier alpha value is -0.0800. The van der Waals surface area contributed by atoms with E-state index in [1.807, 2.05) is 0 Å². The molecule has 2 heteroatoms. The minimum absolute atomic E-state index is 0.0337.